The quantitative estimate of drug-likeness (QED) is 0.878. The lowest BCUT2D eigenvalue weighted by molar-refractivity contribution is -0.127. The molecule has 25 heavy (non-hydrogen) atoms. The zero-order valence-corrected chi connectivity index (χ0v) is 16.0. The summed E-state index contributed by atoms with van der Waals surface area (Å²) in [6, 6.07) is 0. The van der Waals surface area contributed by atoms with E-state index in [1.165, 1.54) is 4.31 Å². The number of hydrogen-bond donors (Lipinski definition) is 1. The van der Waals surface area contributed by atoms with Crippen LogP contribution < -0.4 is 5.32 Å². The number of piperidine rings is 1. The molecule has 1 aromatic rings. The molecule has 8 heteroatoms. The van der Waals surface area contributed by atoms with Crippen LogP contribution in [-0.4, -0.2) is 42.4 Å². The molecule has 7 nitrogen and oxygen atoms in total. The fraction of sp³-hybridized carbons (Fsp3) is 0.765. The van der Waals surface area contributed by atoms with Gasteiger partial charge in [-0.3, -0.25) is 4.79 Å². The van der Waals surface area contributed by atoms with E-state index in [4.69, 9.17) is 4.52 Å². The Hall–Kier alpha value is -1.41. The number of aromatic nitrogens is 1. The van der Waals surface area contributed by atoms with Crippen LogP contribution in [0.25, 0.3) is 0 Å². The highest BCUT2D eigenvalue weighted by Crippen LogP contribution is 2.31. The summed E-state index contributed by atoms with van der Waals surface area (Å²) in [6.45, 7) is 5.95. The average Bonchev–Trinajstić information content (AvgIpc) is 3.13. The van der Waals surface area contributed by atoms with Crippen LogP contribution in [-0.2, 0) is 14.8 Å². The van der Waals surface area contributed by atoms with Crippen molar-refractivity contribution in [2.75, 3.05) is 13.1 Å². The van der Waals surface area contributed by atoms with E-state index in [0.717, 1.165) is 32.1 Å². The van der Waals surface area contributed by atoms with Gasteiger partial charge in [0, 0.05) is 18.6 Å². The van der Waals surface area contributed by atoms with Crippen molar-refractivity contribution in [2.45, 2.75) is 69.7 Å². The van der Waals surface area contributed by atoms with Gasteiger partial charge in [0.2, 0.25) is 15.9 Å². The number of hydrogen-bond acceptors (Lipinski definition) is 5. The number of sulfonamides is 1. The Labute approximate surface area is 149 Å². The smallest absolute Gasteiger partial charge is 0.248 e. The lowest BCUT2D eigenvalue weighted by Gasteiger charge is -2.34. The third kappa shape index (κ3) is 3.60. The molecule has 140 valence electrons. The molecule has 1 aliphatic carbocycles. The molecule has 1 aliphatic heterocycles. The van der Waals surface area contributed by atoms with Crippen molar-refractivity contribution in [2.24, 2.45) is 5.92 Å². The number of nitrogens with zero attached hydrogens (tertiary/aromatic N) is 2. The second-order valence-corrected chi connectivity index (χ2v) is 9.49. The van der Waals surface area contributed by atoms with Crippen LogP contribution in [0.2, 0.25) is 0 Å². The monoisotopic (exact) mass is 369 g/mol. The third-order valence-electron chi connectivity index (χ3n) is 5.45. The molecule has 1 N–H and O–H groups in total. The van der Waals surface area contributed by atoms with Crippen molar-refractivity contribution in [1.29, 1.82) is 0 Å². The summed E-state index contributed by atoms with van der Waals surface area (Å²) in [5.74, 6) is -0.0352. The van der Waals surface area contributed by atoms with E-state index < -0.39 is 10.0 Å². The van der Waals surface area contributed by atoms with E-state index in [9.17, 15) is 13.2 Å². The van der Waals surface area contributed by atoms with Gasteiger partial charge in [0.05, 0.1) is 5.92 Å². The van der Waals surface area contributed by atoms with E-state index in [2.05, 4.69) is 17.4 Å². The normalized spacial score (nSPS) is 24.4. The molecule has 0 aromatic carbocycles. The molecule has 3 rings (SSSR count). The molecule has 1 atom stereocenters. The summed E-state index contributed by atoms with van der Waals surface area (Å²) in [7, 11) is -3.69. The number of nitrogens with one attached hydrogen (secondary N) is 1. The molecule has 1 amide bonds. The first-order valence-corrected chi connectivity index (χ1v) is 10.4. The summed E-state index contributed by atoms with van der Waals surface area (Å²) < 4.78 is 32.3. The largest absolute Gasteiger partial charge is 0.360 e. The molecule has 0 radical (unpaired) electrons. The Kier molecular flexibility index (Phi) is 4.94. The van der Waals surface area contributed by atoms with Crippen molar-refractivity contribution in [3.8, 4) is 0 Å². The van der Waals surface area contributed by atoms with Crippen LogP contribution in [0.1, 0.15) is 56.9 Å². The Morgan fingerprint density at radius 3 is 2.56 bits per heavy atom. The van der Waals surface area contributed by atoms with Crippen LogP contribution in [0.5, 0.6) is 0 Å². The van der Waals surface area contributed by atoms with E-state index in [1.54, 1.807) is 13.8 Å². The van der Waals surface area contributed by atoms with Crippen molar-refractivity contribution in [1.82, 2.24) is 14.8 Å². The van der Waals surface area contributed by atoms with Crippen LogP contribution in [0.4, 0.5) is 0 Å². The molecule has 2 fully saturated rings. The van der Waals surface area contributed by atoms with E-state index >= 15 is 0 Å². The molecule has 2 aliphatic rings. The number of aryl methyl sites for hydroxylation is 2. The average molecular weight is 369 g/mol. The zero-order valence-electron chi connectivity index (χ0n) is 15.2. The maximum atomic E-state index is 13.0. The van der Waals surface area contributed by atoms with E-state index in [-0.39, 0.29) is 28.8 Å². The summed E-state index contributed by atoms with van der Waals surface area (Å²) in [6.07, 6.45) is 5.65. The van der Waals surface area contributed by atoms with Gasteiger partial charge in [-0.2, -0.15) is 4.31 Å². The maximum Gasteiger partial charge on any atom is 0.248 e. The minimum Gasteiger partial charge on any atom is -0.360 e. The van der Waals surface area contributed by atoms with E-state index in [1.807, 2.05) is 0 Å². The summed E-state index contributed by atoms with van der Waals surface area (Å²) in [4.78, 5) is 12.8. The first kappa shape index (κ1) is 18.4. The van der Waals surface area contributed by atoms with Crippen LogP contribution in [0.3, 0.4) is 0 Å². The minimum absolute atomic E-state index is 0.0249. The Morgan fingerprint density at radius 2 is 1.96 bits per heavy atom. The third-order valence-corrected chi connectivity index (χ3v) is 7.56. The van der Waals surface area contributed by atoms with Gasteiger partial charge in [0.15, 0.2) is 5.76 Å². The molecule has 1 saturated heterocycles. The van der Waals surface area contributed by atoms with Gasteiger partial charge in [-0.1, -0.05) is 18.0 Å². The standard InChI is InChI=1S/C17H27N3O4S/c1-12-15(13(2)24-19-12)25(22,23)20-10-6-7-14(11-20)16(21)18-17(3)8-4-5-9-17/h14H,4-11H2,1-3H3,(H,18,21). The second kappa shape index (κ2) is 6.72. The lowest BCUT2D eigenvalue weighted by Crippen LogP contribution is -2.51. The first-order chi connectivity index (χ1) is 11.7. The van der Waals surface area contributed by atoms with Gasteiger partial charge in [-0.05, 0) is 46.5 Å². The fourth-order valence-corrected chi connectivity index (χ4v) is 5.84. The Morgan fingerprint density at radius 1 is 1.28 bits per heavy atom. The minimum atomic E-state index is -3.69. The predicted octanol–water partition coefficient (Wildman–Crippen LogP) is 2.14. The van der Waals surface area contributed by atoms with Gasteiger partial charge in [0.25, 0.3) is 0 Å². The molecular weight excluding hydrogens is 342 g/mol. The topological polar surface area (TPSA) is 92.5 Å². The van der Waals surface area contributed by atoms with Crippen LogP contribution in [0.15, 0.2) is 9.42 Å². The second-order valence-electron chi connectivity index (χ2n) is 7.61. The number of carbonyl (C=O) groups is 1. The molecule has 1 saturated carbocycles. The summed E-state index contributed by atoms with van der Waals surface area (Å²) in [5.41, 5.74) is 0.224. The van der Waals surface area contributed by atoms with Crippen molar-refractivity contribution in [3.05, 3.63) is 11.5 Å². The highest BCUT2D eigenvalue weighted by molar-refractivity contribution is 7.89. The molecule has 0 spiro atoms. The van der Waals surface area contributed by atoms with Gasteiger partial charge in [-0.25, -0.2) is 8.42 Å². The van der Waals surface area contributed by atoms with Crippen molar-refractivity contribution in [3.63, 3.8) is 0 Å². The lowest BCUT2D eigenvalue weighted by atomic mass is 9.95. The zero-order chi connectivity index (χ0) is 18.2. The van der Waals surface area contributed by atoms with Crippen molar-refractivity contribution >= 4 is 15.9 Å². The van der Waals surface area contributed by atoms with Gasteiger partial charge >= 0.3 is 0 Å². The summed E-state index contributed by atoms with van der Waals surface area (Å²) in [5, 5.41) is 6.91. The highest BCUT2D eigenvalue weighted by atomic mass is 32.2. The van der Waals surface area contributed by atoms with Gasteiger partial charge in [-0.15, -0.1) is 0 Å². The number of rotatable bonds is 4. The summed E-state index contributed by atoms with van der Waals surface area (Å²) >= 11 is 0. The molecular formula is C17H27N3O4S. The Balaban J connectivity index is 1.73. The van der Waals surface area contributed by atoms with E-state index in [0.29, 0.717) is 24.4 Å². The molecule has 1 aromatic heterocycles. The molecule has 1 unspecified atom stereocenters. The fourth-order valence-electron chi connectivity index (χ4n) is 4.03. The number of amides is 1. The Bertz CT molecular complexity index is 730. The molecule has 0 bridgehead atoms. The van der Waals surface area contributed by atoms with Gasteiger partial charge in [0.1, 0.15) is 10.6 Å². The maximum absolute atomic E-state index is 13.0. The van der Waals surface area contributed by atoms with Crippen molar-refractivity contribution < 1.29 is 17.7 Å². The van der Waals surface area contributed by atoms with Crippen LogP contribution >= 0.6 is 0 Å². The first-order valence-electron chi connectivity index (χ1n) is 8.98. The van der Waals surface area contributed by atoms with Crippen LogP contribution in [0, 0.1) is 19.8 Å². The highest BCUT2D eigenvalue weighted by Gasteiger charge is 2.38. The number of carbonyl (C=O) groups excluding carboxylic acids is 1. The predicted molar refractivity (Wildman–Crippen MR) is 92.5 cm³/mol. The van der Waals surface area contributed by atoms with Gasteiger partial charge < -0.3 is 9.84 Å². The molecule has 2 heterocycles. The SMILES string of the molecule is Cc1noc(C)c1S(=O)(=O)N1CCCC(C(=O)NC2(C)CCCC2)C1.